The Hall–Kier alpha value is -2.07. The molecule has 0 bridgehead atoms. The lowest BCUT2D eigenvalue weighted by Crippen LogP contribution is -2.32. The van der Waals surface area contributed by atoms with Gasteiger partial charge in [-0.05, 0) is 37.8 Å². The van der Waals surface area contributed by atoms with Crippen molar-refractivity contribution in [3.8, 4) is 0 Å². The van der Waals surface area contributed by atoms with Crippen molar-refractivity contribution in [2.45, 2.75) is 31.8 Å². The van der Waals surface area contributed by atoms with Crippen LogP contribution in [0.15, 0.2) is 46.9 Å². The molecule has 4 nitrogen and oxygen atoms in total. The number of allylic oxidation sites excluding steroid dienone is 2. The number of rotatable bonds is 5. The van der Waals surface area contributed by atoms with Gasteiger partial charge >= 0.3 is 0 Å². The second kappa shape index (κ2) is 6.79. The fourth-order valence-electron chi connectivity index (χ4n) is 2.82. The molecule has 3 rings (SSSR count). The molecule has 0 saturated carbocycles. The number of aliphatic hydroxyl groups excluding tert-OH is 1. The number of aliphatic hydroxyl groups is 1. The van der Waals surface area contributed by atoms with Crippen LogP contribution in [0.4, 0.5) is 0 Å². The van der Waals surface area contributed by atoms with Crippen LogP contribution >= 0.6 is 0 Å². The Bertz CT molecular complexity index is 641. The Morgan fingerprint density at radius 2 is 2.23 bits per heavy atom. The van der Waals surface area contributed by atoms with Gasteiger partial charge in [0, 0.05) is 17.8 Å². The molecule has 1 aliphatic rings. The van der Waals surface area contributed by atoms with Crippen LogP contribution < -0.4 is 5.32 Å². The van der Waals surface area contributed by atoms with E-state index in [0.717, 1.165) is 30.2 Å². The van der Waals surface area contributed by atoms with Crippen molar-refractivity contribution in [2.75, 3.05) is 6.54 Å². The number of carbonyl (C=O) groups excluding carboxylic acids is 1. The third-order valence-corrected chi connectivity index (χ3v) is 4.13. The number of hydrogen-bond acceptors (Lipinski definition) is 3. The number of fused-ring (bicyclic) bond motifs is 1. The lowest BCUT2D eigenvalue weighted by atomic mass is 9.93. The minimum absolute atomic E-state index is 0.0772. The fourth-order valence-corrected chi connectivity index (χ4v) is 2.82. The van der Waals surface area contributed by atoms with E-state index in [4.69, 9.17) is 4.42 Å². The van der Waals surface area contributed by atoms with Crippen LogP contribution in [0.5, 0.6) is 0 Å². The van der Waals surface area contributed by atoms with Crippen molar-refractivity contribution in [1.29, 1.82) is 0 Å². The first-order valence-electron chi connectivity index (χ1n) is 7.83. The summed E-state index contributed by atoms with van der Waals surface area (Å²) in [5.74, 6) is 0.713. The number of hydrogen-bond donors (Lipinski definition) is 2. The van der Waals surface area contributed by atoms with Gasteiger partial charge in [-0.3, -0.25) is 4.79 Å². The van der Waals surface area contributed by atoms with Gasteiger partial charge in [-0.1, -0.05) is 30.4 Å². The van der Waals surface area contributed by atoms with Crippen LogP contribution in [-0.2, 0) is 4.79 Å². The van der Waals surface area contributed by atoms with Gasteiger partial charge < -0.3 is 14.8 Å². The molecule has 0 spiro atoms. The maximum Gasteiger partial charge on any atom is 0.223 e. The third kappa shape index (κ3) is 3.39. The van der Waals surface area contributed by atoms with E-state index in [-0.39, 0.29) is 11.8 Å². The number of carbonyl (C=O) groups is 1. The molecule has 116 valence electrons. The van der Waals surface area contributed by atoms with Crippen molar-refractivity contribution in [1.82, 2.24) is 5.32 Å². The molecule has 2 atom stereocenters. The van der Waals surface area contributed by atoms with Crippen molar-refractivity contribution in [2.24, 2.45) is 5.92 Å². The number of nitrogens with one attached hydrogen (secondary N) is 1. The molecule has 1 aromatic carbocycles. The summed E-state index contributed by atoms with van der Waals surface area (Å²) in [6.07, 6.45) is 6.64. The van der Waals surface area contributed by atoms with Crippen LogP contribution in [0.3, 0.4) is 0 Å². The lowest BCUT2D eigenvalue weighted by molar-refractivity contribution is -0.125. The van der Waals surface area contributed by atoms with Gasteiger partial charge in [0.2, 0.25) is 5.91 Å². The van der Waals surface area contributed by atoms with Gasteiger partial charge in [0.1, 0.15) is 17.4 Å². The summed E-state index contributed by atoms with van der Waals surface area (Å²) in [4.78, 5) is 12.0. The molecule has 0 unspecified atom stereocenters. The highest BCUT2D eigenvalue weighted by Gasteiger charge is 2.19. The molecule has 1 aromatic heterocycles. The van der Waals surface area contributed by atoms with E-state index >= 15 is 0 Å². The van der Waals surface area contributed by atoms with Crippen LogP contribution in [-0.4, -0.2) is 17.6 Å². The molecule has 0 saturated heterocycles. The minimum Gasteiger partial charge on any atom is -0.458 e. The van der Waals surface area contributed by atoms with Crippen LogP contribution in [0.25, 0.3) is 11.0 Å². The molecule has 0 fully saturated rings. The van der Waals surface area contributed by atoms with Gasteiger partial charge in [-0.25, -0.2) is 0 Å². The summed E-state index contributed by atoms with van der Waals surface area (Å²) in [5.41, 5.74) is 0.773. The highest BCUT2D eigenvalue weighted by atomic mass is 16.4. The Morgan fingerprint density at radius 3 is 3.00 bits per heavy atom. The van der Waals surface area contributed by atoms with Crippen molar-refractivity contribution < 1.29 is 14.3 Å². The van der Waals surface area contributed by atoms with E-state index in [1.165, 1.54) is 0 Å². The third-order valence-electron chi connectivity index (χ3n) is 4.13. The van der Waals surface area contributed by atoms with Crippen LogP contribution in [0, 0.1) is 5.92 Å². The smallest absolute Gasteiger partial charge is 0.223 e. The first kappa shape index (κ1) is 14.9. The number of para-hydroxylation sites is 1. The molecule has 1 aliphatic carbocycles. The SMILES string of the molecule is O=C(NCC[C@@H](O)c1cc2ccccc2o1)[C@H]1CC=CCC1. The summed E-state index contributed by atoms with van der Waals surface area (Å²) in [6, 6.07) is 9.53. The number of furan rings is 1. The van der Waals surface area contributed by atoms with Crippen molar-refractivity contribution >= 4 is 16.9 Å². The van der Waals surface area contributed by atoms with E-state index in [0.29, 0.717) is 18.7 Å². The van der Waals surface area contributed by atoms with Crippen molar-refractivity contribution in [3.63, 3.8) is 0 Å². The van der Waals surface area contributed by atoms with E-state index in [9.17, 15) is 9.90 Å². The van der Waals surface area contributed by atoms with E-state index in [2.05, 4.69) is 17.5 Å². The van der Waals surface area contributed by atoms with Gasteiger partial charge in [0.05, 0.1) is 0 Å². The first-order valence-corrected chi connectivity index (χ1v) is 7.83. The normalized spacial score (nSPS) is 19.2. The maximum atomic E-state index is 12.0. The average Bonchev–Trinajstić information content (AvgIpc) is 2.99. The van der Waals surface area contributed by atoms with Crippen LogP contribution in [0.1, 0.15) is 37.5 Å². The molecule has 2 aromatic rings. The zero-order valence-electron chi connectivity index (χ0n) is 12.5. The average molecular weight is 299 g/mol. The fraction of sp³-hybridized carbons (Fsp3) is 0.389. The standard InChI is InChI=1S/C18H21NO3/c20-15(17-12-14-8-4-5-9-16(14)22-17)10-11-19-18(21)13-6-2-1-3-7-13/h1-2,4-5,8-9,12-13,15,20H,3,6-7,10-11H2,(H,19,21)/t13-,15+/m0/s1. The number of benzene rings is 1. The molecular weight excluding hydrogens is 278 g/mol. The lowest BCUT2D eigenvalue weighted by Gasteiger charge is -2.17. The summed E-state index contributed by atoms with van der Waals surface area (Å²) in [5, 5.41) is 14.1. The zero-order valence-corrected chi connectivity index (χ0v) is 12.5. The van der Waals surface area contributed by atoms with Gasteiger partial charge in [0.15, 0.2) is 0 Å². The Kier molecular flexibility index (Phi) is 4.59. The second-order valence-corrected chi connectivity index (χ2v) is 5.76. The van der Waals surface area contributed by atoms with Crippen LogP contribution in [0.2, 0.25) is 0 Å². The molecular formula is C18H21NO3. The largest absolute Gasteiger partial charge is 0.458 e. The highest BCUT2D eigenvalue weighted by Crippen LogP contribution is 2.25. The predicted octanol–water partition coefficient (Wildman–Crippen LogP) is 3.33. The maximum absolute atomic E-state index is 12.0. The molecule has 1 amide bonds. The minimum atomic E-state index is -0.695. The molecule has 0 aliphatic heterocycles. The monoisotopic (exact) mass is 299 g/mol. The van der Waals surface area contributed by atoms with Gasteiger partial charge in [-0.15, -0.1) is 0 Å². The first-order chi connectivity index (χ1) is 10.7. The Balaban J connectivity index is 1.50. The second-order valence-electron chi connectivity index (χ2n) is 5.76. The zero-order chi connectivity index (χ0) is 15.4. The van der Waals surface area contributed by atoms with E-state index in [1.807, 2.05) is 30.3 Å². The van der Waals surface area contributed by atoms with Gasteiger partial charge in [-0.2, -0.15) is 0 Å². The summed E-state index contributed by atoms with van der Waals surface area (Å²) >= 11 is 0. The summed E-state index contributed by atoms with van der Waals surface area (Å²) < 4.78 is 5.63. The summed E-state index contributed by atoms with van der Waals surface area (Å²) in [6.45, 7) is 0.456. The Labute approximate surface area is 129 Å². The van der Waals surface area contributed by atoms with Crippen molar-refractivity contribution in [3.05, 3.63) is 48.2 Å². The molecule has 4 heteroatoms. The topological polar surface area (TPSA) is 62.5 Å². The molecule has 0 radical (unpaired) electrons. The molecule has 1 heterocycles. The van der Waals surface area contributed by atoms with E-state index in [1.54, 1.807) is 0 Å². The predicted molar refractivity (Wildman–Crippen MR) is 85.3 cm³/mol. The Morgan fingerprint density at radius 1 is 1.36 bits per heavy atom. The summed E-state index contributed by atoms with van der Waals surface area (Å²) in [7, 11) is 0. The highest BCUT2D eigenvalue weighted by molar-refractivity contribution is 5.79. The molecule has 22 heavy (non-hydrogen) atoms. The van der Waals surface area contributed by atoms with Gasteiger partial charge in [0.25, 0.3) is 0 Å². The quantitative estimate of drug-likeness (QED) is 0.832. The van der Waals surface area contributed by atoms with E-state index < -0.39 is 6.10 Å². The number of amides is 1. The molecule has 2 N–H and O–H groups in total.